The molecular formula is C17H21N7O. The molecule has 3 aromatic rings. The van der Waals surface area contributed by atoms with Crippen LogP contribution in [0, 0.1) is 22.7 Å². The number of nitrogens with zero attached hydrogens (tertiary/aromatic N) is 4. The third-order valence-electron chi connectivity index (χ3n) is 5.22. The lowest BCUT2D eigenvalue weighted by molar-refractivity contribution is 0.239. The molecule has 25 heavy (non-hydrogen) atoms. The average Bonchev–Trinajstić information content (AvgIpc) is 3.34. The number of nitrogens with one attached hydrogen (secondary N) is 3. The molecule has 0 saturated heterocycles. The fourth-order valence-corrected chi connectivity index (χ4v) is 4.03. The summed E-state index contributed by atoms with van der Waals surface area (Å²) in [5.41, 5.74) is 2.60. The van der Waals surface area contributed by atoms with Gasteiger partial charge in [-0.1, -0.05) is 13.3 Å². The topological polar surface area (TPSA) is 116 Å². The summed E-state index contributed by atoms with van der Waals surface area (Å²) in [5, 5.41) is 23.3. The van der Waals surface area contributed by atoms with Crippen LogP contribution in [0.3, 0.4) is 0 Å². The second-order valence-electron chi connectivity index (χ2n) is 6.65. The SMILES string of the molecule is CC[C@H]1C[C@@H](COC(=N)C=N)C[C@H]1c1nnc2cnc3[nH]ccc3n12. The maximum absolute atomic E-state index is 7.46. The number of H-pyrrole nitrogens is 1. The quantitative estimate of drug-likeness (QED) is 0.489. The maximum Gasteiger partial charge on any atom is 0.223 e. The molecular weight excluding hydrogens is 318 g/mol. The first-order valence-electron chi connectivity index (χ1n) is 8.60. The van der Waals surface area contributed by atoms with Crippen LogP contribution in [0.1, 0.15) is 37.9 Å². The predicted octanol–water partition coefficient (Wildman–Crippen LogP) is 2.77. The number of rotatable bonds is 5. The second kappa shape index (κ2) is 6.27. The molecule has 4 rings (SSSR count). The number of ether oxygens (including phenoxy) is 1. The van der Waals surface area contributed by atoms with E-state index >= 15 is 0 Å². The predicted molar refractivity (Wildman–Crippen MR) is 94.3 cm³/mol. The zero-order chi connectivity index (χ0) is 17.4. The Morgan fingerprint density at radius 2 is 2.32 bits per heavy atom. The highest BCUT2D eigenvalue weighted by Gasteiger charge is 2.37. The van der Waals surface area contributed by atoms with E-state index in [2.05, 4.69) is 31.5 Å². The van der Waals surface area contributed by atoms with E-state index in [0.717, 1.165) is 48.1 Å². The van der Waals surface area contributed by atoms with Gasteiger partial charge in [0.25, 0.3) is 0 Å². The van der Waals surface area contributed by atoms with Crippen molar-refractivity contribution in [2.75, 3.05) is 6.61 Å². The van der Waals surface area contributed by atoms with E-state index in [1.165, 1.54) is 0 Å². The average molecular weight is 339 g/mol. The molecule has 1 aliphatic carbocycles. The standard InChI is InChI=1S/C17H21N7O/c1-2-11-5-10(9-25-14(19)7-18)6-12(11)17-23-22-15-8-21-16-13(24(15)17)3-4-20-16/h3-4,7-8,10-12,18-20H,2,5-6,9H2,1H3/t10-,11+,12-/m1/s1. The minimum atomic E-state index is -0.0791. The van der Waals surface area contributed by atoms with Gasteiger partial charge >= 0.3 is 0 Å². The van der Waals surface area contributed by atoms with Crippen molar-refractivity contribution < 1.29 is 4.74 Å². The third kappa shape index (κ3) is 2.67. The number of hydrogen-bond acceptors (Lipinski definition) is 6. The summed E-state index contributed by atoms with van der Waals surface area (Å²) in [6, 6.07) is 2.00. The van der Waals surface area contributed by atoms with E-state index in [-0.39, 0.29) is 5.90 Å². The summed E-state index contributed by atoms with van der Waals surface area (Å²) in [4.78, 5) is 7.52. The molecule has 0 radical (unpaired) electrons. The van der Waals surface area contributed by atoms with Crippen LogP contribution in [0.4, 0.5) is 0 Å². The van der Waals surface area contributed by atoms with Crippen LogP contribution in [0.25, 0.3) is 16.8 Å². The largest absolute Gasteiger partial charge is 0.477 e. The van der Waals surface area contributed by atoms with Crippen LogP contribution >= 0.6 is 0 Å². The Morgan fingerprint density at radius 1 is 1.44 bits per heavy atom. The van der Waals surface area contributed by atoms with Crippen LogP contribution in [-0.4, -0.2) is 43.3 Å². The van der Waals surface area contributed by atoms with Gasteiger partial charge in [-0.25, -0.2) is 4.98 Å². The van der Waals surface area contributed by atoms with Crippen LogP contribution in [0.2, 0.25) is 0 Å². The van der Waals surface area contributed by atoms with E-state index in [1.807, 2.05) is 12.3 Å². The highest BCUT2D eigenvalue weighted by molar-refractivity contribution is 6.23. The first kappa shape index (κ1) is 15.7. The van der Waals surface area contributed by atoms with Crippen molar-refractivity contribution in [3.63, 3.8) is 0 Å². The van der Waals surface area contributed by atoms with Gasteiger partial charge in [-0.05, 0) is 30.7 Å². The Bertz CT molecular complexity index is 928. The molecule has 130 valence electrons. The molecule has 0 aromatic carbocycles. The van der Waals surface area contributed by atoms with Crippen molar-refractivity contribution in [1.82, 2.24) is 24.6 Å². The minimum Gasteiger partial charge on any atom is -0.477 e. The van der Waals surface area contributed by atoms with Gasteiger partial charge in [0.1, 0.15) is 5.82 Å². The smallest absolute Gasteiger partial charge is 0.223 e. The van der Waals surface area contributed by atoms with Crippen LogP contribution in [-0.2, 0) is 4.74 Å². The summed E-state index contributed by atoms with van der Waals surface area (Å²) in [6.07, 6.45) is 7.64. The summed E-state index contributed by atoms with van der Waals surface area (Å²) >= 11 is 0. The van der Waals surface area contributed by atoms with Crippen molar-refractivity contribution in [2.45, 2.75) is 32.1 Å². The molecule has 3 atom stereocenters. The Labute approximate surface area is 144 Å². The van der Waals surface area contributed by atoms with Crippen molar-refractivity contribution in [3.8, 4) is 0 Å². The van der Waals surface area contributed by atoms with Crippen molar-refractivity contribution in [1.29, 1.82) is 10.8 Å². The summed E-state index contributed by atoms with van der Waals surface area (Å²) in [6.45, 7) is 2.69. The monoisotopic (exact) mass is 339 g/mol. The number of fused-ring (bicyclic) bond motifs is 3. The molecule has 0 aliphatic heterocycles. The lowest BCUT2D eigenvalue weighted by Gasteiger charge is -2.16. The second-order valence-corrected chi connectivity index (χ2v) is 6.65. The normalized spacial score (nSPS) is 23.3. The summed E-state index contributed by atoms with van der Waals surface area (Å²) in [7, 11) is 0. The molecule has 1 saturated carbocycles. The van der Waals surface area contributed by atoms with Crippen LogP contribution < -0.4 is 0 Å². The molecule has 0 unspecified atom stereocenters. The minimum absolute atomic E-state index is 0.0791. The van der Waals surface area contributed by atoms with E-state index in [1.54, 1.807) is 6.20 Å². The molecule has 3 aromatic heterocycles. The summed E-state index contributed by atoms with van der Waals surface area (Å²) in [5.74, 6) is 2.09. The lowest BCUT2D eigenvalue weighted by atomic mass is 9.93. The molecule has 0 bridgehead atoms. The third-order valence-corrected chi connectivity index (χ3v) is 5.22. The van der Waals surface area contributed by atoms with Gasteiger partial charge in [0.15, 0.2) is 11.3 Å². The first-order chi connectivity index (χ1) is 12.2. The molecule has 8 heteroatoms. The highest BCUT2D eigenvalue weighted by Crippen LogP contribution is 2.44. The Balaban J connectivity index is 1.66. The zero-order valence-corrected chi connectivity index (χ0v) is 14.1. The fraction of sp³-hybridized carbons (Fsp3) is 0.471. The first-order valence-corrected chi connectivity index (χ1v) is 8.60. The molecule has 3 heterocycles. The van der Waals surface area contributed by atoms with E-state index in [9.17, 15) is 0 Å². The van der Waals surface area contributed by atoms with Crippen LogP contribution in [0.5, 0.6) is 0 Å². The van der Waals surface area contributed by atoms with Gasteiger partial charge in [-0.15, -0.1) is 10.2 Å². The Hall–Kier alpha value is -2.77. The van der Waals surface area contributed by atoms with Gasteiger partial charge in [-0.3, -0.25) is 9.81 Å². The molecule has 1 fully saturated rings. The van der Waals surface area contributed by atoms with Crippen molar-refractivity contribution in [2.24, 2.45) is 11.8 Å². The van der Waals surface area contributed by atoms with Gasteiger partial charge < -0.3 is 15.1 Å². The van der Waals surface area contributed by atoms with E-state index in [4.69, 9.17) is 15.6 Å². The lowest BCUT2D eigenvalue weighted by Crippen LogP contribution is -2.12. The number of aromatic amines is 1. The molecule has 0 amide bonds. The fourth-order valence-electron chi connectivity index (χ4n) is 4.03. The van der Waals surface area contributed by atoms with Gasteiger partial charge in [-0.2, -0.15) is 0 Å². The zero-order valence-electron chi connectivity index (χ0n) is 14.1. The van der Waals surface area contributed by atoms with Gasteiger partial charge in [0, 0.05) is 12.1 Å². The molecule has 0 spiro atoms. The van der Waals surface area contributed by atoms with Crippen LogP contribution in [0.15, 0.2) is 18.5 Å². The Kier molecular flexibility index (Phi) is 3.95. The summed E-state index contributed by atoms with van der Waals surface area (Å²) < 4.78 is 7.47. The van der Waals surface area contributed by atoms with Gasteiger partial charge in [0.05, 0.1) is 24.5 Å². The highest BCUT2D eigenvalue weighted by atomic mass is 16.5. The maximum atomic E-state index is 7.46. The van der Waals surface area contributed by atoms with Crippen molar-refractivity contribution >= 4 is 28.9 Å². The number of hydrogen-bond donors (Lipinski definition) is 3. The molecule has 8 nitrogen and oxygen atoms in total. The van der Waals surface area contributed by atoms with E-state index in [0.29, 0.717) is 24.4 Å². The molecule has 1 aliphatic rings. The van der Waals surface area contributed by atoms with E-state index < -0.39 is 0 Å². The molecule has 3 N–H and O–H groups in total. The van der Waals surface area contributed by atoms with Gasteiger partial charge in [0.2, 0.25) is 5.90 Å². The Morgan fingerprint density at radius 3 is 3.12 bits per heavy atom. The van der Waals surface area contributed by atoms with Crippen molar-refractivity contribution in [3.05, 3.63) is 24.3 Å². The number of aromatic nitrogens is 5.